The minimum Gasteiger partial charge on any atom is -0.207 e. The molecule has 0 saturated heterocycles. The standard InChI is InChI=1S/C18H19BrF2/c1-2-3-4-13-5-7-14(8-6-13)17(19)11-15-9-10-16(20)12-18(15)21/h5-10,12,17H,2-4,11H2,1H3. The van der Waals surface area contributed by atoms with Crippen molar-refractivity contribution in [1.82, 2.24) is 0 Å². The van der Waals surface area contributed by atoms with E-state index < -0.39 is 11.6 Å². The van der Waals surface area contributed by atoms with Crippen LogP contribution in [0.3, 0.4) is 0 Å². The van der Waals surface area contributed by atoms with Crippen LogP contribution >= 0.6 is 15.9 Å². The van der Waals surface area contributed by atoms with Gasteiger partial charge in [-0.2, -0.15) is 0 Å². The zero-order valence-electron chi connectivity index (χ0n) is 12.1. The smallest absolute Gasteiger partial charge is 0.129 e. The zero-order valence-corrected chi connectivity index (χ0v) is 13.7. The first kappa shape index (κ1) is 16.2. The minimum absolute atomic E-state index is 0.0256. The molecule has 0 N–H and O–H groups in total. The molecule has 2 aromatic rings. The highest BCUT2D eigenvalue weighted by atomic mass is 79.9. The normalized spacial score (nSPS) is 12.4. The zero-order chi connectivity index (χ0) is 15.2. The van der Waals surface area contributed by atoms with Crippen LogP contribution in [0.5, 0.6) is 0 Å². The number of halogens is 3. The Hall–Kier alpha value is -1.22. The summed E-state index contributed by atoms with van der Waals surface area (Å²) in [5.74, 6) is -1.03. The average Bonchev–Trinajstić information content (AvgIpc) is 2.48. The largest absolute Gasteiger partial charge is 0.207 e. The van der Waals surface area contributed by atoms with Crippen LogP contribution in [0, 0.1) is 11.6 Å². The first-order chi connectivity index (χ1) is 10.1. The second-order valence-electron chi connectivity index (χ2n) is 5.25. The molecule has 3 heteroatoms. The molecule has 0 aliphatic carbocycles. The van der Waals surface area contributed by atoms with Crippen LogP contribution in [0.4, 0.5) is 8.78 Å². The number of aryl methyl sites for hydroxylation is 1. The molecule has 1 atom stereocenters. The fourth-order valence-corrected chi connectivity index (χ4v) is 2.93. The van der Waals surface area contributed by atoms with Gasteiger partial charge in [-0.1, -0.05) is 59.6 Å². The van der Waals surface area contributed by atoms with Gasteiger partial charge >= 0.3 is 0 Å². The van der Waals surface area contributed by atoms with Gasteiger partial charge in [-0.3, -0.25) is 0 Å². The number of alkyl halides is 1. The van der Waals surface area contributed by atoms with Crippen molar-refractivity contribution in [2.24, 2.45) is 0 Å². The molecule has 0 aromatic heterocycles. The lowest BCUT2D eigenvalue weighted by atomic mass is 10.0. The number of benzene rings is 2. The third-order valence-electron chi connectivity index (χ3n) is 3.57. The monoisotopic (exact) mass is 352 g/mol. The average molecular weight is 353 g/mol. The van der Waals surface area contributed by atoms with Crippen molar-refractivity contribution in [2.75, 3.05) is 0 Å². The number of hydrogen-bond donors (Lipinski definition) is 0. The molecule has 0 bridgehead atoms. The second kappa shape index (κ2) is 7.69. The molecular weight excluding hydrogens is 334 g/mol. The maximum Gasteiger partial charge on any atom is 0.129 e. The van der Waals surface area contributed by atoms with Crippen LogP contribution in [0.25, 0.3) is 0 Å². The summed E-state index contributed by atoms with van der Waals surface area (Å²) in [7, 11) is 0. The lowest BCUT2D eigenvalue weighted by Crippen LogP contribution is -1.99. The first-order valence-corrected chi connectivity index (χ1v) is 8.18. The Morgan fingerprint density at radius 3 is 2.38 bits per heavy atom. The van der Waals surface area contributed by atoms with Gasteiger partial charge in [0.25, 0.3) is 0 Å². The third-order valence-corrected chi connectivity index (χ3v) is 4.43. The van der Waals surface area contributed by atoms with Gasteiger partial charge < -0.3 is 0 Å². The predicted molar refractivity (Wildman–Crippen MR) is 86.8 cm³/mol. The molecule has 1 unspecified atom stereocenters. The summed E-state index contributed by atoms with van der Waals surface area (Å²) < 4.78 is 26.6. The lowest BCUT2D eigenvalue weighted by Gasteiger charge is -2.12. The Bertz CT molecular complexity index is 578. The molecule has 2 aromatic carbocycles. The summed E-state index contributed by atoms with van der Waals surface area (Å²) in [6.07, 6.45) is 3.97. The van der Waals surface area contributed by atoms with Gasteiger partial charge in [0.2, 0.25) is 0 Å². The minimum atomic E-state index is -0.539. The van der Waals surface area contributed by atoms with E-state index in [0.29, 0.717) is 12.0 Å². The van der Waals surface area contributed by atoms with Crippen molar-refractivity contribution in [2.45, 2.75) is 37.4 Å². The SMILES string of the molecule is CCCCc1ccc(C(Br)Cc2ccc(F)cc2F)cc1. The summed E-state index contributed by atoms with van der Waals surface area (Å²) in [6, 6.07) is 12.1. The van der Waals surface area contributed by atoms with E-state index in [2.05, 4.69) is 47.1 Å². The Morgan fingerprint density at radius 2 is 1.76 bits per heavy atom. The highest BCUT2D eigenvalue weighted by molar-refractivity contribution is 9.09. The first-order valence-electron chi connectivity index (χ1n) is 7.27. The van der Waals surface area contributed by atoms with Gasteiger partial charge in [-0.15, -0.1) is 0 Å². The van der Waals surface area contributed by atoms with Gasteiger partial charge in [0.05, 0.1) is 0 Å². The Kier molecular flexibility index (Phi) is 5.92. The predicted octanol–water partition coefficient (Wildman–Crippen LogP) is 5.99. The quantitative estimate of drug-likeness (QED) is 0.560. The molecule has 0 heterocycles. The van der Waals surface area contributed by atoms with E-state index in [4.69, 9.17) is 0 Å². The maximum absolute atomic E-state index is 13.7. The molecule has 112 valence electrons. The molecule has 21 heavy (non-hydrogen) atoms. The number of hydrogen-bond acceptors (Lipinski definition) is 0. The van der Waals surface area contributed by atoms with E-state index in [-0.39, 0.29) is 4.83 Å². The van der Waals surface area contributed by atoms with Gasteiger partial charge in [-0.05, 0) is 42.0 Å². The van der Waals surface area contributed by atoms with Crippen LogP contribution in [0.1, 0.15) is 41.3 Å². The van der Waals surface area contributed by atoms with Crippen LogP contribution in [-0.2, 0) is 12.8 Å². The van der Waals surface area contributed by atoms with Gasteiger partial charge in [0.15, 0.2) is 0 Å². The van der Waals surface area contributed by atoms with E-state index in [1.807, 2.05) is 0 Å². The lowest BCUT2D eigenvalue weighted by molar-refractivity contribution is 0.571. The van der Waals surface area contributed by atoms with Crippen LogP contribution in [0.15, 0.2) is 42.5 Å². The Balaban J connectivity index is 2.04. The van der Waals surface area contributed by atoms with Crippen molar-refractivity contribution in [1.29, 1.82) is 0 Å². The van der Waals surface area contributed by atoms with Gasteiger partial charge in [0.1, 0.15) is 11.6 Å². The third kappa shape index (κ3) is 4.63. The molecule has 0 aliphatic rings. The van der Waals surface area contributed by atoms with E-state index in [1.54, 1.807) is 0 Å². The van der Waals surface area contributed by atoms with Crippen LogP contribution in [-0.4, -0.2) is 0 Å². The molecule has 0 radical (unpaired) electrons. The summed E-state index contributed by atoms with van der Waals surface area (Å²) in [5, 5.41) is 0. The summed E-state index contributed by atoms with van der Waals surface area (Å²) in [4.78, 5) is 0.0256. The molecule has 0 aliphatic heterocycles. The topological polar surface area (TPSA) is 0 Å². The fourth-order valence-electron chi connectivity index (χ4n) is 2.27. The van der Waals surface area contributed by atoms with Gasteiger partial charge in [-0.25, -0.2) is 8.78 Å². The molecule has 0 saturated carbocycles. The van der Waals surface area contributed by atoms with Gasteiger partial charge in [0, 0.05) is 10.9 Å². The second-order valence-corrected chi connectivity index (χ2v) is 6.36. The van der Waals surface area contributed by atoms with E-state index in [1.165, 1.54) is 30.5 Å². The van der Waals surface area contributed by atoms with Crippen molar-refractivity contribution < 1.29 is 8.78 Å². The molecule has 0 amide bonds. The summed E-state index contributed by atoms with van der Waals surface area (Å²) in [6.45, 7) is 2.18. The maximum atomic E-state index is 13.7. The summed E-state index contributed by atoms with van der Waals surface area (Å²) in [5.41, 5.74) is 2.96. The number of rotatable bonds is 6. The molecular formula is C18H19BrF2. The van der Waals surface area contributed by atoms with Crippen molar-refractivity contribution in [3.05, 3.63) is 70.8 Å². The highest BCUT2D eigenvalue weighted by Crippen LogP contribution is 2.28. The van der Waals surface area contributed by atoms with Crippen LogP contribution < -0.4 is 0 Å². The molecule has 0 spiro atoms. The molecule has 2 rings (SSSR count). The van der Waals surface area contributed by atoms with Crippen molar-refractivity contribution >= 4 is 15.9 Å². The van der Waals surface area contributed by atoms with E-state index in [0.717, 1.165) is 18.1 Å². The molecule has 0 fully saturated rings. The number of unbranched alkanes of at least 4 members (excludes halogenated alkanes) is 1. The molecule has 0 nitrogen and oxygen atoms in total. The van der Waals surface area contributed by atoms with Crippen LogP contribution in [0.2, 0.25) is 0 Å². The van der Waals surface area contributed by atoms with E-state index in [9.17, 15) is 8.78 Å². The Morgan fingerprint density at radius 1 is 1.05 bits per heavy atom. The Labute approximate surface area is 133 Å². The highest BCUT2D eigenvalue weighted by Gasteiger charge is 2.12. The van der Waals surface area contributed by atoms with Crippen molar-refractivity contribution in [3.63, 3.8) is 0 Å². The van der Waals surface area contributed by atoms with E-state index >= 15 is 0 Å². The fraction of sp³-hybridized carbons (Fsp3) is 0.333. The summed E-state index contributed by atoms with van der Waals surface area (Å²) >= 11 is 3.59. The van der Waals surface area contributed by atoms with Crippen molar-refractivity contribution in [3.8, 4) is 0 Å².